The Morgan fingerprint density at radius 2 is 2.03 bits per heavy atom. The van der Waals surface area contributed by atoms with Crippen molar-refractivity contribution in [1.29, 1.82) is 0 Å². The molecule has 2 fully saturated rings. The molecule has 2 aliphatic rings. The summed E-state index contributed by atoms with van der Waals surface area (Å²) in [5.74, 6) is -2.09. The van der Waals surface area contributed by atoms with E-state index in [9.17, 15) is 14.7 Å². The highest BCUT2D eigenvalue weighted by molar-refractivity contribution is 6.32. The molecule has 2 saturated heterocycles. The lowest BCUT2D eigenvalue weighted by molar-refractivity contribution is -0.366. The van der Waals surface area contributed by atoms with Gasteiger partial charge in [-0.1, -0.05) is 23.7 Å². The monoisotopic (exact) mass is 443 g/mol. The molecular weight excluding hydrogens is 418 g/mol. The van der Waals surface area contributed by atoms with Crippen LogP contribution in [0.4, 0.5) is 0 Å². The number of benzene rings is 1. The van der Waals surface area contributed by atoms with Crippen molar-refractivity contribution < 1.29 is 38.4 Å². The molecule has 9 nitrogen and oxygen atoms in total. The van der Waals surface area contributed by atoms with Crippen LogP contribution in [0.15, 0.2) is 24.3 Å². The first-order valence-corrected chi connectivity index (χ1v) is 9.99. The molecule has 0 aromatic heterocycles. The number of carboxylic acid groups (broad SMARTS) is 1. The first-order chi connectivity index (χ1) is 14.1. The minimum absolute atomic E-state index is 0.175. The first kappa shape index (κ1) is 22.8. The fraction of sp³-hybridized carbons (Fsp3) is 0.600. The number of fused-ring (bicyclic) bond motifs is 1. The van der Waals surface area contributed by atoms with Crippen LogP contribution in [0, 0.1) is 0 Å². The van der Waals surface area contributed by atoms with E-state index in [2.05, 4.69) is 5.32 Å². The van der Waals surface area contributed by atoms with Gasteiger partial charge >= 0.3 is 5.97 Å². The first-order valence-electron chi connectivity index (χ1n) is 9.61. The molecule has 10 heteroatoms. The Morgan fingerprint density at radius 3 is 2.67 bits per heavy atom. The van der Waals surface area contributed by atoms with E-state index in [1.165, 1.54) is 13.8 Å². The van der Waals surface area contributed by atoms with E-state index in [4.69, 9.17) is 35.3 Å². The van der Waals surface area contributed by atoms with Crippen molar-refractivity contribution in [3.05, 3.63) is 29.3 Å². The quantitative estimate of drug-likeness (QED) is 0.686. The molecule has 0 bridgehead atoms. The van der Waals surface area contributed by atoms with Gasteiger partial charge in [0.15, 0.2) is 11.9 Å². The standard InChI is InChI=1S/C20H26ClNO8/c1-10(18(24)25)27-17-15(22-11(2)23)19(28-13-8-6-5-7-12(13)21)29-14-9-26-20(3,4)30-16(14)17/h5-8,10,14-17,19H,9H2,1-4H3,(H,22,23)(H,24,25). The summed E-state index contributed by atoms with van der Waals surface area (Å²) in [4.78, 5) is 23.4. The van der Waals surface area contributed by atoms with Crippen LogP contribution in [0.1, 0.15) is 27.7 Å². The Bertz CT molecular complexity index is 788. The van der Waals surface area contributed by atoms with Gasteiger partial charge in [-0.2, -0.15) is 0 Å². The molecule has 166 valence electrons. The highest BCUT2D eigenvalue weighted by Gasteiger charge is 2.54. The number of ether oxygens (including phenoxy) is 5. The third-order valence-electron chi connectivity index (χ3n) is 4.82. The molecule has 2 N–H and O–H groups in total. The van der Waals surface area contributed by atoms with Crippen molar-refractivity contribution in [2.75, 3.05) is 6.61 Å². The van der Waals surface area contributed by atoms with Crippen molar-refractivity contribution in [2.45, 2.75) is 70.2 Å². The minimum Gasteiger partial charge on any atom is -0.479 e. The molecule has 2 aliphatic heterocycles. The van der Waals surface area contributed by atoms with Gasteiger partial charge in [-0.3, -0.25) is 4.79 Å². The number of aliphatic carboxylic acids is 1. The number of carbonyl (C=O) groups excluding carboxylic acids is 1. The highest BCUT2D eigenvalue weighted by atomic mass is 35.5. The zero-order valence-electron chi connectivity index (χ0n) is 17.2. The van der Waals surface area contributed by atoms with E-state index >= 15 is 0 Å². The van der Waals surface area contributed by atoms with Crippen molar-refractivity contribution in [3.8, 4) is 5.75 Å². The number of para-hydroxylation sites is 1. The van der Waals surface area contributed by atoms with Gasteiger partial charge in [0, 0.05) is 6.92 Å². The van der Waals surface area contributed by atoms with E-state index < -0.39 is 48.5 Å². The number of nitrogens with one attached hydrogen (secondary N) is 1. The average molecular weight is 444 g/mol. The lowest BCUT2D eigenvalue weighted by Gasteiger charge is -2.51. The van der Waals surface area contributed by atoms with Crippen LogP contribution in [0.3, 0.4) is 0 Å². The molecule has 30 heavy (non-hydrogen) atoms. The summed E-state index contributed by atoms with van der Waals surface area (Å²) in [6.45, 7) is 6.40. The van der Waals surface area contributed by atoms with Crippen molar-refractivity contribution in [3.63, 3.8) is 0 Å². The number of amides is 1. The second-order valence-corrected chi connectivity index (χ2v) is 8.10. The Labute approximate surface area is 179 Å². The van der Waals surface area contributed by atoms with Crippen LogP contribution in [-0.4, -0.2) is 66.1 Å². The van der Waals surface area contributed by atoms with Gasteiger partial charge in [0.2, 0.25) is 12.2 Å². The van der Waals surface area contributed by atoms with Crippen LogP contribution >= 0.6 is 11.6 Å². The predicted molar refractivity (Wildman–Crippen MR) is 105 cm³/mol. The largest absolute Gasteiger partial charge is 0.479 e. The van der Waals surface area contributed by atoms with E-state index in [1.54, 1.807) is 38.1 Å². The average Bonchev–Trinajstić information content (AvgIpc) is 2.65. The van der Waals surface area contributed by atoms with Gasteiger partial charge in [0.05, 0.1) is 11.6 Å². The molecular formula is C20H26ClNO8. The van der Waals surface area contributed by atoms with E-state index in [0.717, 1.165) is 0 Å². The van der Waals surface area contributed by atoms with Gasteiger partial charge in [-0.25, -0.2) is 4.79 Å². The summed E-state index contributed by atoms with van der Waals surface area (Å²) < 4.78 is 29.6. The third-order valence-corrected chi connectivity index (χ3v) is 5.13. The van der Waals surface area contributed by atoms with Gasteiger partial charge in [-0.05, 0) is 32.9 Å². The summed E-state index contributed by atoms with van der Waals surface area (Å²) in [5, 5.41) is 12.5. The highest BCUT2D eigenvalue weighted by Crippen LogP contribution is 2.36. The van der Waals surface area contributed by atoms with Crippen molar-refractivity contribution in [1.82, 2.24) is 5.32 Å². The SMILES string of the molecule is CC(=O)NC1C(Oc2ccccc2Cl)OC2COC(C)(C)OC2C1OC(C)C(=O)O. The Morgan fingerprint density at radius 1 is 1.33 bits per heavy atom. The summed E-state index contributed by atoms with van der Waals surface area (Å²) in [5.41, 5.74) is 0. The van der Waals surface area contributed by atoms with Crippen LogP contribution in [0.25, 0.3) is 0 Å². The maximum atomic E-state index is 11.9. The zero-order chi connectivity index (χ0) is 22.1. The molecule has 0 aliphatic carbocycles. The van der Waals surface area contributed by atoms with Gasteiger partial charge < -0.3 is 34.1 Å². The Hall–Kier alpha value is -1.91. The smallest absolute Gasteiger partial charge is 0.332 e. The van der Waals surface area contributed by atoms with Crippen LogP contribution in [-0.2, 0) is 28.5 Å². The van der Waals surface area contributed by atoms with Crippen LogP contribution < -0.4 is 10.1 Å². The topological polar surface area (TPSA) is 113 Å². The summed E-state index contributed by atoms with van der Waals surface area (Å²) in [6.07, 6.45) is -4.36. The van der Waals surface area contributed by atoms with Gasteiger partial charge in [0.1, 0.15) is 30.1 Å². The Kier molecular flexibility index (Phi) is 6.88. The fourth-order valence-electron chi connectivity index (χ4n) is 3.43. The summed E-state index contributed by atoms with van der Waals surface area (Å²) >= 11 is 6.21. The molecule has 1 aromatic rings. The van der Waals surface area contributed by atoms with E-state index in [0.29, 0.717) is 10.8 Å². The summed E-state index contributed by atoms with van der Waals surface area (Å²) in [6, 6.07) is 5.96. The van der Waals surface area contributed by atoms with Crippen molar-refractivity contribution >= 4 is 23.5 Å². The summed E-state index contributed by atoms with van der Waals surface area (Å²) in [7, 11) is 0. The third kappa shape index (κ3) is 5.22. The Balaban J connectivity index is 1.95. The second kappa shape index (κ2) is 9.07. The number of hydrogen-bond acceptors (Lipinski definition) is 7. The zero-order valence-corrected chi connectivity index (χ0v) is 17.9. The number of hydrogen-bond donors (Lipinski definition) is 2. The lowest BCUT2D eigenvalue weighted by atomic mass is 9.94. The van der Waals surface area contributed by atoms with Crippen molar-refractivity contribution in [2.24, 2.45) is 0 Å². The number of rotatable bonds is 6. The normalized spacial score (nSPS) is 31.3. The number of carboxylic acids is 1. The molecule has 6 atom stereocenters. The maximum Gasteiger partial charge on any atom is 0.332 e. The molecule has 1 amide bonds. The molecule has 0 radical (unpaired) electrons. The fourth-order valence-corrected chi connectivity index (χ4v) is 3.61. The van der Waals surface area contributed by atoms with Gasteiger partial charge in [0.25, 0.3) is 0 Å². The molecule has 1 aromatic carbocycles. The van der Waals surface area contributed by atoms with E-state index in [-0.39, 0.29) is 12.5 Å². The molecule has 6 unspecified atom stereocenters. The van der Waals surface area contributed by atoms with Crippen LogP contribution in [0.2, 0.25) is 5.02 Å². The van der Waals surface area contributed by atoms with Gasteiger partial charge in [-0.15, -0.1) is 0 Å². The molecule has 0 spiro atoms. The molecule has 0 saturated carbocycles. The second-order valence-electron chi connectivity index (χ2n) is 7.69. The predicted octanol–water partition coefficient (Wildman–Crippen LogP) is 1.96. The van der Waals surface area contributed by atoms with Crippen LogP contribution in [0.5, 0.6) is 5.75 Å². The number of carbonyl (C=O) groups is 2. The van der Waals surface area contributed by atoms with E-state index in [1.807, 2.05) is 0 Å². The number of halogens is 1. The molecule has 2 heterocycles. The minimum atomic E-state index is -1.15. The maximum absolute atomic E-state index is 11.9. The molecule has 3 rings (SSSR count). The lowest BCUT2D eigenvalue weighted by Crippen LogP contribution is -2.70.